The number of ether oxygens (including phenoxy) is 1. The summed E-state index contributed by atoms with van der Waals surface area (Å²) < 4.78 is 5.12. The second kappa shape index (κ2) is 8.21. The molecule has 1 atom stereocenters. The van der Waals surface area contributed by atoms with Gasteiger partial charge in [-0.15, -0.1) is 0 Å². The van der Waals surface area contributed by atoms with Crippen LogP contribution in [0.2, 0.25) is 10.0 Å². The van der Waals surface area contributed by atoms with Gasteiger partial charge in [0, 0.05) is 16.3 Å². The lowest BCUT2D eigenvalue weighted by molar-refractivity contribution is -0.123. The minimum absolute atomic E-state index is 0.0165. The van der Waals surface area contributed by atoms with Crippen LogP contribution < -0.4 is 11.1 Å². The molecule has 0 saturated carbocycles. The van der Waals surface area contributed by atoms with E-state index >= 15 is 0 Å². The predicted molar refractivity (Wildman–Crippen MR) is 101 cm³/mol. The zero-order valence-electron chi connectivity index (χ0n) is 14.0. The minimum atomic E-state index is -1.11. The molecule has 8 heteroatoms. The number of halogens is 2. The van der Waals surface area contributed by atoms with Crippen LogP contribution in [0.3, 0.4) is 0 Å². The first-order chi connectivity index (χ1) is 12.2. The van der Waals surface area contributed by atoms with Gasteiger partial charge in [0.2, 0.25) is 0 Å². The van der Waals surface area contributed by atoms with Crippen LogP contribution in [0, 0.1) is 0 Å². The van der Waals surface area contributed by atoms with Gasteiger partial charge in [0.05, 0.1) is 16.3 Å². The Morgan fingerprint density at radius 3 is 2.50 bits per heavy atom. The highest BCUT2D eigenvalue weighted by Gasteiger charge is 2.22. The topological polar surface area (TPSA) is 98.5 Å². The number of esters is 1. The zero-order valence-corrected chi connectivity index (χ0v) is 15.5. The molecule has 1 amide bonds. The number of anilines is 2. The van der Waals surface area contributed by atoms with Crippen molar-refractivity contribution in [1.29, 1.82) is 0 Å². The zero-order chi connectivity index (χ0) is 19.4. The number of nitrogens with one attached hydrogen (secondary N) is 1. The van der Waals surface area contributed by atoms with E-state index < -0.39 is 18.0 Å². The SMILES string of the molecule is CC(=O)c1cccc(NC(=O)[C@H](C)OC(=O)c2cc(Cl)cc(Cl)c2N)c1. The van der Waals surface area contributed by atoms with E-state index in [1.807, 2.05) is 0 Å². The molecule has 0 heterocycles. The van der Waals surface area contributed by atoms with Crippen LogP contribution in [0.5, 0.6) is 0 Å². The largest absolute Gasteiger partial charge is 0.449 e. The highest BCUT2D eigenvalue weighted by atomic mass is 35.5. The van der Waals surface area contributed by atoms with Crippen LogP contribution >= 0.6 is 23.2 Å². The molecule has 136 valence electrons. The summed E-state index contributed by atoms with van der Waals surface area (Å²) in [6.07, 6.45) is -1.11. The third-order valence-corrected chi connectivity index (χ3v) is 4.03. The van der Waals surface area contributed by atoms with E-state index in [0.29, 0.717) is 11.3 Å². The molecule has 26 heavy (non-hydrogen) atoms. The number of nitrogens with two attached hydrogens (primary N) is 1. The molecule has 0 unspecified atom stereocenters. The Labute approximate surface area is 160 Å². The number of Topliss-reactive ketones (excluding diaryl/α,β-unsaturated/α-hetero) is 1. The quantitative estimate of drug-likeness (QED) is 0.454. The summed E-state index contributed by atoms with van der Waals surface area (Å²) in [6.45, 7) is 2.83. The van der Waals surface area contributed by atoms with E-state index in [9.17, 15) is 14.4 Å². The molecule has 0 radical (unpaired) electrons. The van der Waals surface area contributed by atoms with Crippen molar-refractivity contribution in [2.45, 2.75) is 20.0 Å². The Bertz CT molecular complexity index is 883. The van der Waals surface area contributed by atoms with E-state index in [1.54, 1.807) is 18.2 Å². The third kappa shape index (κ3) is 4.74. The Kier molecular flexibility index (Phi) is 6.23. The van der Waals surface area contributed by atoms with Crippen LogP contribution in [0.4, 0.5) is 11.4 Å². The number of benzene rings is 2. The van der Waals surface area contributed by atoms with Crippen molar-refractivity contribution in [3.8, 4) is 0 Å². The van der Waals surface area contributed by atoms with Gasteiger partial charge in [-0.1, -0.05) is 35.3 Å². The van der Waals surface area contributed by atoms with Gasteiger partial charge in [0.25, 0.3) is 5.91 Å². The van der Waals surface area contributed by atoms with E-state index in [4.69, 9.17) is 33.7 Å². The second-order valence-electron chi connectivity index (χ2n) is 5.52. The normalized spacial score (nSPS) is 11.5. The Morgan fingerprint density at radius 2 is 1.85 bits per heavy atom. The Balaban J connectivity index is 2.08. The molecular formula is C18H16Cl2N2O4. The highest BCUT2D eigenvalue weighted by molar-refractivity contribution is 6.37. The van der Waals surface area contributed by atoms with E-state index in [-0.39, 0.29) is 27.1 Å². The number of ketones is 1. The number of rotatable bonds is 5. The van der Waals surface area contributed by atoms with Crippen LogP contribution in [0.15, 0.2) is 36.4 Å². The Morgan fingerprint density at radius 1 is 1.15 bits per heavy atom. The number of nitrogen functional groups attached to an aromatic ring is 1. The summed E-state index contributed by atoms with van der Waals surface area (Å²) >= 11 is 11.7. The first kappa shape index (κ1) is 19.8. The van der Waals surface area contributed by atoms with Gasteiger partial charge in [0.15, 0.2) is 11.9 Å². The van der Waals surface area contributed by atoms with Crippen molar-refractivity contribution in [1.82, 2.24) is 0 Å². The molecule has 0 fully saturated rings. The molecule has 2 aromatic carbocycles. The minimum Gasteiger partial charge on any atom is -0.449 e. The van der Waals surface area contributed by atoms with Gasteiger partial charge in [-0.25, -0.2) is 4.79 Å². The maximum Gasteiger partial charge on any atom is 0.341 e. The van der Waals surface area contributed by atoms with Crippen molar-refractivity contribution in [2.24, 2.45) is 0 Å². The van der Waals surface area contributed by atoms with Crippen LogP contribution in [0.1, 0.15) is 34.6 Å². The molecule has 3 N–H and O–H groups in total. The summed E-state index contributed by atoms with van der Waals surface area (Å²) in [4.78, 5) is 35.9. The van der Waals surface area contributed by atoms with Crippen molar-refractivity contribution < 1.29 is 19.1 Å². The fourth-order valence-electron chi connectivity index (χ4n) is 2.09. The highest BCUT2D eigenvalue weighted by Crippen LogP contribution is 2.28. The summed E-state index contributed by atoms with van der Waals surface area (Å²) in [7, 11) is 0. The first-order valence-electron chi connectivity index (χ1n) is 7.56. The molecule has 0 aliphatic rings. The lowest BCUT2D eigenvalue weighted by Crippen LogP contribution is -2.30. The van der Waals surface area contributed by atoms with Crippen LogP contribution in [0.25, 0.3) is 0 Å². The van der Waals surface area contributed by atoms with Gasteiger partial charge >= 0.3 is 5.97 Å². The average molecular weight is 395 g/mol. The van der Waals surface area contributed by atoms with Gasteiger partial charge in [-0.2, -0.15) is 0 Å². The van der Waals surface area contributed by atoms with Crippen molar-refractivity contribution in [3.63, 3.8) is 0 Å². The maximum atomic E-state index is 12.2. The Hall–Kier alpha value is -2.57. The summed E-state index contributed by atoms with van der Waals surface area (Å²) in [5.41, 5.74) is 6.60. The fraction of sp³-hybridized carbons (Fsp3) is 0.167. The number of carbonyl (C=O) groups is 3. The van der Waals surface area contributed by atoms with E-state index in [0.717, 1.165) is 0 Å². The lowest BCUT2D eigenvalue weighted by atomic mass is 10.1. The van der Waals surface area contributed by atoms with E-state index in [2.05, 4.69) is 5.32 Å². The second-order valence-corrected chi connectivity index (χ2v) is 6.37. The van der Waals surface area contributed by atoms with Crippen LogP contribution in [-0.2, 0) is 9.53 Å². The fourth-order valence-corrected chi connectivity index (χ4v) is 2.58. The van der Waals surface area contributed by atoms with Gasteiger partial charge in [-0.3, -0.25) is 9.59 Å². The third-order valence-electron chi connectivity index (χ3n) is 3.50. The van der Waals surface area contributed by atoms with E-state index in [1.165, 1.54) is 32.0 Å². The first-order valence-corrected chi connectivity index (χ1v) is 8.32. The summed E-state index contributed by atoms with van der Waals surface area (Å²) in [6, 6.07) is 9.13. The number of carbonyl (C=O) groups excluding carboxylic acids is 3. The maximum absolute atomic E-state index is 12.2. The van der Waals surface area contributed by atoms with Crippen molar-refractivity contribution in [2.75, 3.05) is 11.1 Å². The molecule has 0 saturated heterocycles. The van der Waals surface area contributed by atoms with Gasteiger partial charge in [-0.05, 0) is 38.1 Å². The molecule has 2 aromatic rings. The van der Waals surface area contributed by atoms with Gasteiger partial charge < -0.3 is 15.8 Å². The average Bonchev–Trinajstić information content (AvgIpc) is 2.58. The molecule has 0 bridgehead atoms. The molecule has 0 spiro atoms. The van der Waals surface area contributed by atoms with Crippen LogP contribution in [-0.4, -0.2) is 23.8 Å². The summed E-state index contributed by atoms with van der Waals surface area (Å²) in [5, 5.41) is 2.91. The molecule has 0 aliphatic carbocycles. The summed E-state index contributed by atoms with van der Waals surface area (Å²) in [5.74, 6) is -1.52. The predicted octanol–water partition coefficient (Wildman–Crippen LogP) is 3.96. The standard InChI is InChI=1S/C18H16Cl2N2O4/c1-9(23)11-4-3-5-13(6-11)22-17(24)10(2)26-18(25)14-7-12(19)8-15(20)16(14)21/h3-8,10H,21H2,1-2H3,(H,22,24)/t10-/m0/s1. The molecule has 6 nitrogen and oxygen atoms in total. The molecular weight excluding hydrogens is 379 g/mol. The molecule has 0 aromatic heterocycles. The smallest absolute Gasteiger partial charge is 0.341 e. The number of hydrogen-bond acceptors (Lipinski definition) is 5. The van der Waals surface area contributed by atoms with Crippen molar-refractivity contribution in [3.05, 3.63) is 57.6 Å². The lowest BCUT2D eigenvalue weighted by Gasteiger charge is -2.15. The number of hydrogen-bond donors (Lipinski definition) is 2. The molecule has 0 aliphatic heterocycles. The number of amides is 1. The van der Waals surface area contributed by atoms with Gasteiger partial charge in [0.1, 0.15) is 0 Å². The monoisotopic (exact) mass is 394 g/mol. The van der Waals surface area contributed by atoms with Crippen molar-refractivity contribution >= 4 is 52.2 Å². The molecule has 2 rings (SSSR count).